The highest BCUT2D eigenvalue weighted by atomic mass is 15.2. The van der Waals surface area contributed by atoms with E-state index in [2.05, 4.69) is 30.0 Å². The van der Waals surface area contributed by atoms with E-state index < -0.39 is 0 Å². The van der Waals surface area contributed by atoms with Crippen LogP contribution in [0.2, 0.25) is 0 Å². The second-order valence-corrected chi connectivity index (χ2v) is 5.68. The predicted octanol–water partition coefficient (Wildman–Crippen LogP) is 1.49. The summed E-state index contributed by atoms with van der Waals surface area (Å²) in [6, 6.07) is 0. The van der Waals surface area contributed by atoms with Crippen molar-refractivity contribution in [3.05, 3.63) is 22.9 Å². The van der Waals surface area contributed by atoms with Gasteiger partial charge in [-0.2, -0.15) is 10.1 Å². The Labute approximate surface area is 124 Å². The molecule has 1 atom stereocenters. The standard InChI is InChI=1S/C14H21N7/c1-8-9(2)16-14(15)18-13(8)21-6-4-5-11(7-21)12-17-10(3)19-20-12/h11H,4-7H2,1-3H3,(H2,15,16,18)(H,17,19,20)/t11-/m0/s1. The van der Waals surface area contributed by atoms with Gasteiger partial charge >= 0.3 is 0 Å². The molecule has 0 aliphatic carbocycles. The summed E-state index contributed by atoms with van der Waals surface area (Å²) in [7, 11) is 0. The van der Waals surface area contributed by atoms with E-state index in [1.165, 1.54) is 0 Å². The number of rotatable bonds is 2. The van der Waals surface area contributed by atoms with Crippen LogP contribution in [0.25, 0.3) is 0 Å². The minimum atomic E-state index is 0.333. The molecule has 2 aromatic heterocycles. The lowest BCUT2D eigenvalue weighted by molar-refractivity contribution is 0.489. The van der Waals surface area contributed by atoms with Gasteiger partial charge in [-0.25, -0.2) is 9.97 Å². The number of hydrogen-bond donors (Lipinski definition) is 2. The first-order valence-corrected chi connectivity index (χ1v) is 7.29. The highest BCUT2D eigenvalue weighted by Crippen LogP contribution is 2.29. The molecule has 0 amide bonds. The Hall–Kier alpha value is -2.18. The predicted molar refractivity (Wildman–Crippen MR) is 81.2 cm³/mol. The maximum Gasteiger partial charge on any atom is 0.222 e. The van der Waals surface area contributed by atoms with Crippen molar-refractivity contribution in [2.45, 2.75) is 39.5 Å². The van der Waals surface area contributed by atoms with Crippen LogP contribution in [0.1, 0.15) is 41.7 Å². The number of aromatic amines is 1. The van der Waals surface area contributed by atoms with Crippen molar-refractivity contribution in [3.63, 3.8) is 0 Å². The van der Waals surface area contributed by atoms with Crippen molar-refractivity contribution in [1.82, 2.24) is 25.1 Å². The van der Waals surface area contributed by atoms with Crippen molar-refractivity contribution in [2.75, 3.05) is 23.7 Å². The summed E-state index contributed by atoms with van der Waals surface area (Å²) in [5.41, 5.74) is 7.84. The van der Waals surface area contributed by atoms with Crippen molar-refractivity contribution < 1.29 is 0 Å². The van der Waals surface area contributed by atoms with Gasteiger partial charge in [0.15, 0.2) is 5.82 Å². The Bertz CT molecular complexity index is 649. The molecule has 0 saturated carbocycles. The van der Waals surface area contributed by atoms with E-state index in [1.807, 2.05) is 20.8 Å². The lowest BCUT2D eigenvalue weighted by Gasteiger charge is -2.33. The Morgan fingerprint density at radius 3 is 2.71 bits per heavy atom. The molecule has 1 aliphatic heterocycles. The molecule has 1 fully saturated rings. The zero-order valence-corrected chi connectivity index (χ0v) is 12.7. The number of nitrogens with zero attached hydrogens (tertiary/aromatic N) is 5. The number of nitrogens with one attached hydrogen (secondary N) is 1. The molecular formula is C14H21N7. The quantitative estimate of drug-likeness (QED) is 0.868. The number of hydrogen-bond acceptors (Lipinski definition) is 6. The molecule has 3 rings (SSSR count). The highest BCUT2D eigenvalue weighted by molar-refractivity contribution is 5.51. The second-order valence-electron chi connectivity index (χ2n) is 5.68. The Balaban J connectivity index is 1.86. The number of piperidine rings is 1. The number of aryl methyl sites for hydroxylation is 2. The largest absolute Gasteiger partial charge is 0.368 e. The fourth-order valence-corrected chi connectivity index (χ4v) is 2.87. The smallest absolute Gasteiger partial charge is 0.222 e. The van der Waals surface area contributed by atoms with Crippen molar-refractivity contribution in [2.24, 2.45) is 0 Å². The van der Waals surface area contributed by atoms with Crippen LogP contribution < -0.4 is 10.6 Å². The Kier molecular flexibility index (Phi) is 3.48. The fourth-order valence-electron chi connectivity index (χ4n) is 2.87. The summed E-state index contributed by atoms with van der Waals surface area (Å²) in [6.45, 7) is 7.79. The van der Waals surface area contributed by atoms with Crippen LogP contribution in [0.15, 0.2) is 0 Å². The number of anilines is 2. The lowest BCUT2D eigenvalue weighted by atomic mass is 9.97. The Morgan fingerprint density at radius 2 is 2.00 bits per heavy atom. The van der Waals surface area contributed by atoms with Gasteiger partial charge in [-0.1, -0.05) is 0 Å². The molecule has 0 spiro atoms. The molecule has 0 radical (unpaired) electrons. The minimum absolute atomic E-state index is 0.333. The third-order valence-corrected chi connectivity index (χ3v) is 4.08. The van der Waals surface area contributed by atoms with E-state index in [4.69, 9.17) is 5.73 Å². The van der Waals surface area contributed by atoms with Crippen molar-refractivity contribution >= 4 is 11.8 Å². The first kappa shape index (κ1) is 13.8. The number of nitrogens with two attached hydrogens (primary N) is 1. The summed E-state index contributed by atoms with van der Waals surface area (Å²) >= 11 is 0. The van der Waals surface area contributed by atoms with Gasteiger partial charge in [-0.3, -0.25) is 5.10 Å². The van der Waals surface area contributed by atoms with Crippen LogP contribution in [0.3, 0.4) is 0 Å². The van der Waals surface area contributed by atoms with Gasteiger partial charge in [-0.15, -0.1) is 0 Å². The number of H-pyrrole nitrogens is 1. The average Bonchev–Trinajstić information content (AvgIpc) is 2.89. The molecule has 0 unspecified atom stereocenters. The summed E-state index contributed by atoms with van der Waals surface area (Å²) in [4.78, 5) is 15.4. The van der Waals surface area contributed by atoms with E-state index in [-0.39, 0.29) is 0 Å². The normalized spacial score (nSPS) is 19.0. The van der Waals surface area contributed by atoms with Crippen molar-refractivity contribution in [1.29, 1.82) is 0 Å². The summed E-state index contributed by atoms with van der Waals surface area (Å²) < 4.78 is 0. The van der Waals surface area contributed by atoms with Crippen molar-refractivity contribution in [3.8, 4) is 0 Å². The molecule has 21 heavy (non-hydrogen) atoms. The minimum Gasteiger partial charge on any atom is -0.368 e. The van der Waals surface area contributed by atoms with E-state index >= 15 is 0 Å². The number of nitrogen functional groups attached to an aromatic ring is 1. The molecule has 112 valence electrons. The van der Waals surface area contributed by atoms with E-state index in [9.17, 15) is 0 Å². The monoisotopic (exact) mass is 287 g/mol. The van der Waals surface area contributed by atoms with Gasteiger partial charge in [0, 0.05) is 30.3 Å². The summed E-state index contributed by atoms with van der Waals surface area (Å²) in [6.07, 6.45) is 2.20. The van der Waals surface area contributed by atoms with Gasteiger partial charge in [-0.05, 0) is 33.6 Å². The molecule has 2 aromatic rings. The van der Waals surface area contributed by atoms with Crippen LogP contribution in [0.5, 0.6) is 0 Å². The fraction of sp³-hybridized carbons (Fsp3) is 0.571. The summed E-state index contributed by atoms with van der Waals surface area (Å²) in [5, 5.41) is 7.23. The topological polar surface area (TPSA) is 96.6 Å². The molecule has 7 heteroatoms. The number of aromatic nitrogens is 5. The first-order valence-electron chi connectivity index (χ1n) is 7.29. The molecule has 3 heterocycles. The van der Waals surface area contributed by atoms with Crippen LogP contribution >= 0.6 is 0 Å². The van der Waals surface area contributed by atoms with Crippen LogP contribution in [-0.4, -0.2) is 38.2 Å². The third-order valence-electron chi connectivity index (χ3n) is 4.08. The Morgan fingerprint density at radius 1 is 1.19 bits per heavy atom. The molecule has 0 aromatic carbocycles. The van der Waals surface area contributed by atoms with Gasteiger partial charge in [0.25, 0.3) is 0 Å². The highest BCUT2D eigenvalue weighted by Gasteiger charge is 2.26. The molecule has 1 aliphatic rings. The van der Waals surface area contributed by atoms with Gasteiger partial charge in [0.2, 0.25) is 5.95 Å². The maximum atomic E-state index is 5.81. The maximum absolute atomic E-state index is 5.81. The molecule has 1 saturated heterocycles. The second kappa shape index (κ2) is 5.31. The first-order chi connectivity index (χ1) is 10.0. The van der Waals surface area contributed by atoms with E-state index in [0.29, 0.717) is 11.9 Å². The van der Waals surface area contributed by atoms with Crippen LogP contribution in [0, 0.1) is 20.8 Å². The zero-order chi connectivity index (χ0) is 15.0. The molecule has 0 bridgehead atoms. The van der Waals surface area contributed by atoms with Crippen LogP contribution in [-0.2, 0) is 0 Å². The molecule has 3 N–H and O–H groups in total. The lowest BCUT2D eigenvalue weighted by Crippen LogP contribution is -2.36. The molecule has 7 nitrogen and oxygen atoms in total. The van der Waals surface area contributed by atoms with Gasteiger partial charge < -0.3 is 10.6 Å². The third kappa shape index (κ3) is 2.68. The van der Waals surface area contributed by atoms with E-state index in [1.54, 1.807) is 0 Å². The SMILES string of the molecule is Cc1nc([C@H]2CCCN(c3nc(N)nc(C)c3C)C2)n[nH]1. The zero-order valence-electron chi connectivity index (χ0n) is 12.7. The summed E-state index contributed by atoms with van der Waals surface area (Å²) in [5.74, 6) is 3.37. The van der Waals surface area contributed by atoms with E-state index in [0.717, 1.165) is 54.7 Å². The van der Waals surface area contributed by atoms with Gasteiger partial charge in [0.05, 0.1) is 0 Å². The average molecular weight is 287 g/mol. The van der Waals surface area contributed by atoms with Crippen LogP contribution in [0.4, 0.5) is 11.8 Å². The molecular weight excluding hydrogens is 266 g/mol. The van der Waals surface area contributed by atoms with Gasteiger partial charge in [0.1, 0.15) is 11.6 Å².